The van der Waals surface area contributed by atoms with Crippen LogP contribution in [0.3, 0.4) is 0 Å². The molecule has 0 saturated carbocycles. The number of allylic oxidation sites excluding steroid dienone is 1. The van der Waals surface area contributed by atoms with Crippen molar-refractivity contribution in [2.75, 3.05) is 11.4 Å². The van der Waals surface area contributed by atoms with E-state index in [0.29, 0.717) is 12.2 Å². The molecule has 1 aromatic carbocycles. The maximum Gasteiger partial charge on any atom is 0.417 e. The largest absolute Gasteiger partial charge is 0.417 e. The number of alkyl halides is 3. The molecule has 1 aliphatic rings. The van der Waals surface area contributed by atoms with Gasteiger partial charge in [0.2, 0.25) is 0 Å². The van der Waals surface area contributed by atoms with Crippen LogP contribution in [-0.4, -0.2) is 22.1 Å². The number of nitrogens with zero attached hydrogens (tertiary/aromatic N) is 4. The van der Waals surface area contributed by atoms with E-state index < -0.39 is 11.7 Å². The predicted molar refractivity (Wildman–Crippen MR) is 102 cm³/mol. The van der Waals surface area contributed by atoms with Gasteiger partial charge in [-0.1, -0.05) is 13.8 Å². The fourth-order valence-electron chi connectivity index (χ4n) is 3.86. The molecule has 2 aromatic rings. The second-order valence-electron chi connectivity index (χ2n) is 7.64. The lowest BCUT2D eigenvalue weighted by atomic mass is 9.77. The fraction of sp³-hybridized carbons (Fsp3) is 0.429. The van der Waals surface area contributed by atoms with Crippen LogP contribution in [0.1, 0.15) is 44.7 Å². The Morgan fingerprint density at radius 1 is 1.36 bits per heavy atom. The van der Waals surface area contributed by atoms with Gasteiger partial charge in [-0.05, 0) is 44.0 Å². The van der Waals surface area contributed by atoms with E-state index in [2.05, 4.69) is 24.9 Å². The zero-order valence-electron chi connectivity index (χ0n) is 16.2. The Bertz CT molecular complexity index is 905. The number of anilines is 1. The summed E-state index contributed by atoms with van der Waals surface area (Å²) in [6, 6.07) is 5.55. The smallest absolute Gasteiger partial charge is 0.365 e. The molecule has 4 nitrogen and oxygen atoms in total. The Balaban J connectivity index is 2.03. The van der Waals surface area contributed by atoms with Gasteiger partial charge < -0.3 is 9.47 Å². The SMILES string of the molecule is CCN(c1ccc(C#N)c(C(F)(F)F)c1)C1C=C(n2ccnc2)C(C)(C)CC1. The molecule has 0 radical (unpaired) electrons. The summed E-state index contributed by atoms with van der Waals surface area (Å²) in [6.45, 7) is 6.81. The van der Waals surface area contributed by atoms with E-state index in [1.807, 2.05) is 22.6 Å². The lowest BCUT2D eigenvalue weighted by molar-refractivity contribution is -0.137. The molecule has 1 unspecified atom stereocenters. The van der Waals surface area contributed by atoms with Crippen molar-refractivity contribution in [1.29, 1.82) is 5.26 Å². The van der Waals surface area contributed by atoms with Crippen LogP contribution in [0, 0.1) is 16.7 Å². The highest BCUT2D eigenvalue weighted by Gasteiger charge is 2.36. The van der Waals surface area contributed by atoms with Gasteiger partial charge in [0, 0.05) is 41.8 Å². The topological polar surface area (TPSA) is 44.9 Å². The van der Waals surface area contributed by atoms with Crippen LogP contribution in [0.5, 0.6) is 0 Å². The van der Waals surface area contributed by atoms with Gasteiger partial charge in [-0.2, -0.15) is 18.4 Å². The van der Waals surface area contributed by atoms with Crippen molar-refractivity contribution >= 4 is 11.4 Å². The molecule has 0 bridgehead atoms. The number of halogens is 3. The first-order valence-electron chi connectivity index (χ1n) is 9.26. The van der Waals surface area contributed by atoms with Crippen LogP contribution >= 0.6 is 0 Å². The number of imidazole rings is 1. The minimum Gasteiger partial charge on any atom is -0.365 e. The summed E-state index contributed by atoms with van der Waals surface area (Å²) >= 11 is 0. The van der Waals surface area contributed by atoms with E-state index in [4.69, 9.17) is 5.26 Å². The highest BCUT2D eigenvalue weighted by atomic mass is 19.4. The van der Waals surface area contributed by atoms with Gasteiger partial charge in [0.1, 0.15) is 0 Å². The maximum atomic E-state index is 13.4. The van der Waals surface area contributed by atoms with E-state index in [9.17, 15) is 13.2 Å². The molecule has 1 aliphatic carbocycles. The van der Waals surface area contributed by atoms with E-state index in [1.54, 1.807) is 24.7 Å². The molecule has 7 heteroatoms. The van der Waals surface area contributed by atoms with E-state index >= 15 is 0 Å². The minimum atomic E-state index is -4.56. The van der Waals surface area contributed by atoms with E-state index in [1.165, 1.54) is 6.07 Å². The standard InChI is InChI=1S/C21H23F3N4/c1-4-28(16-6-5-15(13-25)18(11-16)21(22,23)24)17-7-8-20(2,3)19(12-17)27-10-9-26-14-27/h5-6,9-12,14,17H,4,7-8H2,1-3H3. The summed E-state index contributed by atoms with van der Waals surface area (Å²) in [5.74, 6) is 0. The zero-order chi connectivity index (χ0) is 20.5. The molecule has 0 saturated heterocycles. The lowest BCUT2D eigenvalue weighted by Crippen LogP contribution is -2.39. The van der Waals surface area contributed by atoms with Gasteiger partial charge in [0.25, 0.3) is 0 Å². The first-order valence-corrected chi connectivity index (χ1v) is 9.26. The van der Waals surface area contributed by atoms with Crippen LogP contribution in [0.15, 0.2) is 43.0 Å². The van der Waals surface area contributed by atoms with Gasteiger partial charge in [0.05, 0.1) is 23.5 Å². The van der Waals surface area contributed by atoms with Gasteiger partial charge in [-0.15, -0.1) is 0 Å². The monoisotopic (exact) mass is 388 g/mol. The predicted octanol–water partition coefficient (Wildman–Crippen LogP) is 5.33. The van der Waals surface area contributed by atoms with Crippen molar-refractivity contribution in [2.24, 2.45) is 5.41 Å². The summed E-state index contributed by atoms with van der Waals surface area (Å²) in [4.78, 5) is 6.08. The molecular weight excluding hydrogens is 365 g/mol. The lowest BCUT2D eigenvalue weighted by Gasteiger charge is -2.40. The van der Waals surface area contributed by atoms with Crippen molar-refractivity contribution in [3.8, 4) is 6.07 Å². The van der Waals surface area contributed by atoms with Crippen molar-refractivity contribution in [3.63, 3.8) is 0 Å². The van der Waals surface area contributed by atoms with E-state index in [0.717, 1.165) is 24.6 Å². The third-order valence-corrected chi connectivity index (χ3v) is 5.39. The number of hydrogen-bond acceptors (Lipinski definition) is 3. The number of likely N-dealkylation sites (N-methyl/N-ethyl adjacent to an activating group) is 1. The van der Waals surface area contributed by atoms with Gasteiger partial charge >= 0.3 is 6.18 Å². The average molecular weight is 388 g/mol. The summed E-state index contributed by atoms with van der Waals surface area (Å²) in [5, 5.41) is 9.03. The molecular formula is C21H23F3N4. The minimum absolute atomic E-state index is 0.0376. The Labute approximate surface area is 162 Å². The molecule has 0 spiro atoms. The Morgan fingerprint density at radius 2 is 2.11 bits per heavy atom. The van der Waals surface area contributed by atoms with Crippen LogP contribution in [0.2, 0.25) is 0 Å². The molecule has 0 N–H and O–H groups in total. The highest BCUT2D eigenvalue weighted by molar-refractivity contribution is 5.60. The highest BCUT2D eigenvalue weighted by Crippen LogP contribution is 2.42. The van der Waals surface area contributed by atoms with Gasteiger partial charge in [0.15, 0.2) is 0 Å². The molecule has 0 fully saturated rings. The summed E-state index contributed by atoms with van der Waals surface area (Å²) < 4.78 is 42.1. The average Bonchev–Trinajstić information content (AvgIpc) is 3.16. The molecule has 0 aliphatic heterocycles. The first-order chi connectivity index (χ1) is 13.2. The molecule has 1 heterocycles. The first kappa shape index (κ1) is 20.0. The summed E-state index contributed by atoms with van der Waals surface area (Å²) in [7, 11) is 0. The van der Waals surface area contributed by atoms with Crippen molar-refractivity contribution in [1.82, 2.24) is 9.55 Å². The van der Waals surface area contributed by atoms with Crippen molar-refractivity contribution in [2.45, 2.75) is 45.8 Å². The number of benzene rings is 1. The summed E-state index contributed by atoms with van der Waals surface area (Å²) in [5.41, 5.74) is 0.259. The third-order valence-electron chi connectivity index (χ3n) is 5.39. The van der Waals surface area contributed by atoms with Gasteiger partial charge in [-0.3, -0.25) is 0 Å². The molecule has 148 valence electrons. The third kappa shape index (κ3) is 3.77. The normalized spacial score (nSPS) is 19.0. The Morgan fingerprint density at radius 3 is 2.68 bits per heavy atom. The molecule has 3 rings (SSSR count). The number of hydrogen-bond donors (Lipinski definition) is 0. The second kappa shape index (κ2) is 7.34. The Hall–Kier alpha value is -2.75. The van der Waals surface area contributed by atoms with Crippen LogP contribution < -0.4 is 4.90 Å². The number of rotatable bonds is 4. The quantitative estimate of drug-likeness (QED) is 0.711. The van der Waals surface area contributed by atoms with Gasteiger partial charge in [-0.25, -0.2) is 4.98 Å². The molecule has 1 aromatic heterocycles. The van der Waals surface area contributed by atoms with Crippen molar-refractivity contribution in [3.05, 3.63) is 54.1 Å². The van der Waals surface area contributed by atoms with Crippen LogP contribution in [0.25, 0.3) is 5.70 Å². The number of nitriles is 1. The fourth-order valence-corrected chi connectivity index (χ4v) is 3.86. The van der Waals surface area contributed by atoms with Crippen LogP contribution in [-0.2, 0) is 6.18 Å². The maximum absolute atomic E-state index is 13.4. The van der Waals surface area contributed by atoms with Crippen molar-refractivity contribution < 1.29 is 13.2 Å². The van der Waals surface area contributed by atoms with Crippen LogP contribution in [0.4, 0.5) is 18.9 Å². The molecule has 0 amide bonds. The molecule has 1 atom stereocenters. The summed E-state index contributed by atoms with van der Waals surface area (Å²) in [6.07, 6.45) is 4.65. The van der Waals surface area contributed by atoms with E-state index in [-0.39, 0.29) is 17.0 Å². The zero-order valence-corrected chi connectivity index (χ0v) is 16.2. The Kier molecular flexibility index (Phi) is 5.24. The molecule has 28 heavy (non-hydrogen) atoms. The number of aromatic nitrogens is 2. The second-order valence-corrected chi connectivity index (χ2v) is 7.64.